The van der Waals surface area contributed by atoms with Crippen LogP contribution in [0.1, 0.15) is 30.9 Å². The Balaban J connectivity index is 1.66. The average molecular weight is 433 g/mol. The molecule has 3 heterocycles. The van der Waals surface area contributed by atoms with E-state index in [4.69, 9.17) is 16.2 Å². The number of nitrogens with two attached hydrogens (primary N) is 2. The summed E-state index contributed by atoms with van der Waals surface area (Å²) in [6, 6.07) is 7.73. The Morgan fingerprint density at radius 1 is 1.19 bits per heavy atom. The lowest BCUT2D eigenvalue weighted by atomic mass is 10.1. The molecule has 2 aromatic rings. The van der Waals surface area contributed by atoms with Crippen LogP contribution in [0.5, 0.6) is 0 Å². The number of aromatic nitrogens is 1. The fourth-order valence-electron chi connectivity index (χ4n) is 4.31. The number of nitrogens with zero attached hydrogens (tertiary/aromatic N) is 2. The first-order valence-corrected chi connectivity index (χ1v) is 10.2. The summed E-state index contributed by atoms with van der Waals surface area (Å²) < 4.78 is 44.6. The van der Waals surface area contributed by atoms with E-state index < -0.39 is 11.7 Å². The topological polar surface area (TPSA) is 89.4 Å². The molecule has 2 aliphatic heterocycles. The van der Waals surface area contributed by atoms with E-state index in [1.165, 1.54) is 6.07 Å². The van der Waals surface area contributed by atoms with Crippen molar-refractivity contribution in [2.24, 2.45) is 11.5 Å². The minimum absolute atomic E-state index is 0.145. The highest BCUT2D eigenvalue weighted by atomic mass is 19.4. The van der Waals surface area contributed by atoms with Crippen LogP contribution in [-0.4, -0.2) is 30.3 Å². The number of anilines is 1. The smallest absolute Gasteiger partial charge is 0.401 e. The zero-order valence-corrected chi connectivity index (χ0v) is 17.2. The predicted molar refractivity (Wildman–Crippen MR) is 113 cm³/mol. The minimum atomic E-state index is -4.39. The highest BCUT2D eigenvalue weighted by Crippen LogP contribution is 2.32. The number of halogens is 3. The lowest BCUT2D eigenvalue weighted by Crippen LogP contribution is -2.47. The van der Waals surface area contributed by atoms with Crippen LogP contribution >= 0.6 is 0 Å². The molecule has 1 aromatic heterocycles. The second-order valence-corrected chi connectivity index (χ2v) is 8.07. The molecule has 2 saturated heterocycles. The van der Waals surface area contributed by atoms with Crippen molar-refractivity contribution in [2.75, 3.05) is 18.1 Å². The van der Waals surface area contributed by atoms with Gasteiger partial charge in [-0.3, -0.25) is 4.98 Å². The standard InChI is InChI=1S/C22H26F3N5O/c1-13(26)20-19(8-18(10-28-20)30-16-5-6-17(30)12-31-11-16)21(27)29-9-14-3-2-4-15(7-14)22(23,24)25/h2-4,7-8,10,16-17,29H,5-6,9,11-12,26-27H2,1H3/b20-13+,21-19+. The zero-order chi connectivity index (χ0) is 22.2. The molecular formula is C22H26F3N5O. The summed E-state index contributed by atoms with van der Waals surface area (Å²) in [6.07, 6.45) is -0.459. The van der Waals surface area contributed by atoms with Gasteiger partial charge in [-0.2, -0.15) is 13.2 Å². The molecular weight excluding hydrogens is 407 g/mol. The molecule has 0 aliphatic carbocycles. The number of pyridine rings is 1. The molecule has 0 saturated carbocycles. The third-order valence-electron chi connectivity index (χ3n) is 5.81. The first kappa shape index (κ1) is 21.3. The molecule has 9 heteroatoms. The molecule has 0 amide bonds. The molecule has 2 fully saturated rings. The summed E-state index contributed by atoms with van der Waals surface area (Å²) in [4.78, 5) is 6.87. The van der Waals surface area contributed by atoms with E-state index in [2.05, 4.69) is 15.2 Å². The normalized spacial score (nSPS) is 22.9. The van der Waals surface area contributed by atoms with Crippen molar-refractivity contribution in [3.8, 4) is 0 Å². The Morgan fingerprint density at radius 2 is 1.90 bits per heavy atom. The van der Waals surface area contributed by atoms with Crippen molar-refractivity contribution in [1.29, 1.82) is 0 Å². The fourth-order valence-corrected chi connectivity index (χ4v) is 4.31. The highest BCUT2D eigenvalue weighted by molar-refractivity contribution is 5.53. The third kappa shape index (κ3) is 4.41. The second kappa shape index (κ2) is 8.30. The minimum Gasteiger partial charge on any atom is -0.401 e. The van der Waals surface area contributed by atoms with Gasteiger partial charge in [-0.25, -0.2) is 0 Å². The first-order valence-electron chi connectivity index (χ1n) is 10.2. The van der Waals surface area contributed by atoms with Crippen LogP contribution in [-0.2, 0) is 17.5 Å². The van der Waals surface area contributed by atoms with Crippen LogP contribution in [0.15, 0.2) is 36.5 Å². The zero-order valence-electron chi connectivity index (χ0n) is 17.2. The van der Waals surface area contributed by atoms with E-state index in [-0.39, 0.29) is 6.54 Å². The Morgan fingerprint density at radius 3 is 2.55 bits per heavy atom. The molecule has 31 heavy (non-hydrogen) atoms. The molecule has 0 spiro atoms. The Labute approximate surface area is 178 Å². The Kier molecular flexibility index (Phi) is 5.70. The van der Waals surface area contributed by atoms with Crippen molar-refractivity contribution in [3.63, 3.8) is 0 Å². The van der Waals surface area contributed by atoms with Gasteiger partial charge < -0.3 is 26.4 Å². The highest BCUT2D eigenvalue weighted by Gasteiger charge is 2.37. The predicted octanol–water partition coefficient (Wildman–Crippen LogP) is 1.37. The van der Waals surface area contributed by atoms with Crippen molar-refractivity contribution in [3.05, 3.63) is 58.2 Å². The van der Waals surface area contributed by atoms with Crippen molar-refractivity contribution < 1.29 is 17.9 Å². The van der Waals surface area contributed by atoms with Gasteiger partial charge in [0.15, 0.2) is 0 Å². The number of fused-ring (bicyclic) bond motifs is 2. The lowest BCUT2D eigenvalue weighted by Gasteiger charge is -2.36. The number of ether oxygens (including phenoxy) is 1. The SMILES string of the molecule is C/C(N)=c1\ncc(N2C3CCC2COC3)c\c1=C(\N)NCc1cccc(C(F)(F)F)c1. The number of hydrogen-bond donors (Lipinski definition) is 3. The van der Waals surface area contributed by atoms with E-state index in [0.717, 1.165) is 30.7 Å². The van der Waals surface area contributed by atoms with Crippen molar-refractivity contribution in [1.82, 2.24) is 10.3 Å². The van der Waals surface area contributed by atoms with Crippen LogP contribution in [0.4, 0.5) is 18.9 Å². The van der Waals surface area contributed by atoms with Gasteiger partial charge in [0.25, 0.3) is 0 Å². The molecule has 166 valence electrons. The van der Waals surface area contributed by atoms with Crippen LogP contribution in [0.25, 0.3) is 11.5 Å². The van der Waals surface area contributed by atoms with Crippen LogP contribution < -0.4 is 32.3 Å². The number of nitrogens with one attached hydrogen (secondary N) is 1. The van der Waals surface area contributed by atoms with Gasteiger partial charge >= 0.3 is 6.18 Å². The summed E-state index contributed by atoms with van der Waals surface area (Å²) in [7, 11) is 0. The van der Waals surface area contributed by atoms with E-state index in [9.17, 15) is 13.2 Å². The van der Waals surface area contributed by atoms with Gasteiger partial charge in [0.2, 0.25) is 0 Å². The summed E-state index contributed by atoms with van der Waals surface area (Å²) in [6.45, 7) is 3.25. The molecule has 2 unspecified atom stereocenters. The lowest BCUT2D eigenvalue weighted by molar-refractivity contribution is -0.137. The Bertz CT molecular complexity index is 1070. The van der Waals surface area contributed by atoms with Crippen molar-refractivity contribution in [2.45, 2.75) is 44.6 Å². The summed E-state index contributed by atoms with van der Waals surface area (Å²) in [5, 5.41) is 4.22. The third-order valence-corrected chi connectivity index (χ3v) is 5.81. The second-order valence-electron chi connectivity index (χ2n) is 8.07. The quantitative estimate of drug-likeness (QED) is 0.675. The average Bonchev–Trinajstić information content (AvgIpc) is 2.99. The number of rotatable bonds is 4. The molecule has 0 radical (unpaired) electrons. The molecule has 6 nitrogen and oxygen atoms in total. The number of morpholine rings is 1. The van der Waals surface area contributed by atoms with E-state index in [1.807, 2.05) is 6.07 Å². The van der Waals surface area contributed by atoms with E-state index in [1.54, 1.807) is 19.2 Å². The summed E-state index contributed by atoms with van der Waals surface area (Å²) >= 11 is 0. The van der Waals surface area contributed by atoms with Crippen LogP contribution in [0.2, 0.25) is 0 Å². The largest absolute Gasteiger partial charge is 0.416 e. The molecule has 1 aromatic carbocycles. The van der Waals surface area contributed by atoms with Gasteiger partial charge in [0, 0.05) is 17.5 Å². The van der Waals surface area contributed by atoms with Gasteiger partial charge in [-0.1, -0.05) is 12.1 Å². The maximum absolute atomic E-state index is 13.0. The summed E-state index contributed by atoms with van der Waals surface area (Å²) in [5.41, 5.74) is 13.6. The first-order chi connectivity index (χ1) is 14.7. The van der Waals surface area contributed by atoms with Crippen LogP contribution in [0.3, 0.4) is 0 Å². The van der Waals surface area contributed by atoms with E-state index >= 15 is 0 Å². The molecule has 2 aliphatic rings. The number of hydrogen-bond acceptors (Lipinski definition) is 6. The molecule has 2 atom stereocenters. The molecule has 4 rings (SSSR count). The van der Waals surface area contributed by atoms with Gasteiger partial charge in [-0.15, -0.1) is 0 Å². The van der Waals surface area contributed by atoms with Gasteiger partial charge in [0.05, 0.1) is 48.1 Å². The Hall–Kier alpha value is -2.94. The van der Waals surface area contributed by atoms with Crippen molar-refractivity contribution >= 4 is 17.2 Å². The van der Waals surface area contributed by atoms with E-state index in [0.29, 0.717) is 52.9 Å². The maximum Gasteiger partial charge on any atom is 0.416 e. The fraction of sp³-hybridized carbons (Fsp3) is 0.409. The van der Waals surface area contributed by atoms with Gasteiger partial charge in [-0.05, 0) is 43.5 Å². The monoisotopic (exact) mass is 433 g/mol. The summed E-state index contributed by atoms with van der Waals surface area (Å²) in [5.74, 6) is 0.312. The maximum atomic E-state index is 13.0. The number of benzene rings is 1. The van der Waals surface area contributed by atoms with Gasteiger partial charge in [0.1, 0.15) is 5.82 Å². The molecule has 2 bridgehead atoms. The number of alkyl halides is 3. The van der Waals surface area contributed by atoms with Crippen LogP contribution in [0, 0.1) is 0 Å². The molecule has 5 N–H and O–H groups in total.